The Bertz CT molecular complexity index is 1160. The Labute approximate surface area is 213 Å². The molecule has 0 saturated carbocycles. The molecule has 1 aliphatic rings. The standard InChI is InChI=1S/C25H27ClN2O4S2/c1-16-9-22(32-11-18-5-7-19(8-6-18)23(29)30-4)21(10-20(16)26)28(13-25(3)14-31-15-25)34-24-27-17(2)12-33-24/h5-10,12H,11,13-15H2,1-4H3. The first-order valence-electron chi connectivity index (χ1n) is 10.8. The molecule has 1 saturated heterocycles. The van der Waals surface area contributed by atoms with E-state index in [-0.39, 0.29) is 11.4 Å². The van der Waals surface area contributed by atoms with Gasteiger partial charge in [-0.25, -0.2) is 9.78 Å². The van der Waals surface area contributed by atoms with Gasteiger partial charge in [-0.2, -0.15) is 0 Å². The van der Waals surface area contributed by atoms with Crippen LogP contribution in [-0.2, 0) is 16.1 Å². The van der Waals surface area contributed by atoms with Gasteiger partial charge in [0.15, 0.2) is 4.34 Å². The number of rotatable bonds is 9. The van der Waals surface area contributed by atoms with Crippen molar-refractivity contribution in [2.24, 2.45) is 5.41 Å². The maximum Gasteiger partial charge on any atom is 0.337 e. The summed E-state index contributed by atoms with van der Waals surface area (Å²) >= 11 is 9.77. The number of hydrogen-bond acceptors (Lipinski definition) is 8. The quantitative estimate of drug-likeness (QED) is 0.242. The first-order chi connectivity index (χ1) is 16.3. The molecule has 0 atom stereocenters. The van der Waals surface area contributed by atoms with Crippen molar-refractivity contribution in [1.29, 1.82) is 0 Å². The number of carbonyl (C=O) groups is 1. The van der Waals surface area contributed by atoms with E-state index in [9.17, 15) is 4.79 Å². The number of ether oxygens (including phenoxy) is 3. The zero-order valence-corrected chi connectivity index (χ0v) is 22.0. The van der Waals surface area contributed by atoms with Gasteiger partial charge in [0.25, 0.3) is 0 Å². The summed E-state index contributed by atoms with van der Waals surface area (Å²) in [6.07, 6.45) is 0. The molecule has 0 spiro atoms. The van der Waals surface area contributed by atoms with Crippen LogP contribution in [0.4, 0.5) is 5.69 Å². The van der Waals surface area contributed by atoms with Gasteiger partial charge >= 0.3 is 5.97 Å². The van der Waals surface area contributed by atoms with E-state index < -0.39 is 0 Å². The zero-order chi connectivity index (χ0) is 24.3. The summed E-state index contributed by atoms with van der Waals surface area (Å²) in [6, 6.07) is 11.1. The Morgan fingerprint density at radius 2 is 2.00 bits per heavy atom. The number of anilines is 1. The van der Waals surface area contributed by atoms with Gasteiger partial charge < -0.3 is 18.5 Å². The number of esters is 1. The highest BCUT2D eigenvalue weighted by atomic mass is 35.5. The molecule has 9 heteroatoms. The molecule has 1 fully saturated rings. The lowest BCUT2D eigenvalue weighted by atomic mass is 9.88. The minimum atomic E-state index is -0.360. The third-order valence-corrected chi connectivity index (χ3v) is 7.96. The molecule has 0 radical (unpaired) electrons. The van der Waals surface area contributed by atoms with E-state index in [1.807, 2.05) is 43.5 Å². The molecule has 1 aromatic heterocycles. The van der Waals surface area contributed by atoms with Crippen molar-refractivity contribution in [2.75, 3.05) is 31.2 Å². The van der Waals surface area contributed by atoms with Crippen LogP contribution in [0.5, 0.6) is 5.75 Å². The minimum absolute atomic E-state index is 0.0393. The van der Waals surface area contributed by atoms with E-state index in [1.54, 1.807) is 35.4 Å². The maximum absolute atomic E-state index is 11.7. The Morgan fingerprint density at radius 1 is 1.26 bits per heavy atom. The van der Waals surface area contributed by atoms with Gasteiger partial charge in [0.1, 0.15) is 12.4 Å². The summed E-state index contributed by atoms with van der Waals surface area (Å²) in [5, 5.41) is 2.73. The molecule has 1 aliphatic heterocycles. The molecule has 2 aromatic carbocycles. The van der Waals surface area contributed by atoms with Crippen LogP contribution >= 0.6 is 34.9 Å². The third kappa shape index (κ3) is 5.86. The zero-order valence-electron chi connectivity index (χ0n) is 19.6. The second kappa shape index (κ2) is 10.6. The van der Waals surface area contributed by atoms with Crippen LogP contribution in [0.3, 0.4) is 0 Å². The molecule has 2 heterocycles. The van der Waals surface area contributed by atoms with Crippen LogP contribution in [-0.4, -0.2) is 37.8 Å². The smallest absolute Gasteiger partial charge is 0.337 e. The van der Waals surface area contributed by atoms with Gasteiger partial charge in [0.2, 0.25) is 0 Å². The molecule has 4 rings (SSSR count). The van der Waals surface area contributed by atoms with Crippen LogP contribution in [0.25, 0.3) is 0 Å². The summed E-state index contributed by atoms with van der Waals surface area (Å²) in [6.45, 7) is 8.72. The van der Waals surface area contributed by atoms with E-state index in [4.69, 9.17) is 25.8 Å². The van der Waals surface area contributed by atoms with Crippen LogP contribution in [0.15, 0.2) is 46.1 Å². The number of nitrogens with zero attached hydrogens (tertiary/aromatic N) is 2. The Morgan fingerprint density at radius 3 is 2.59 bits per heavy atom. The number of hydrogen-bond donors (Lipinski definition) is 0. The minimum Gasteiger partial charge on any atom is -0.487 e. The fraction of sp³-hybridized carbons (Fsp3) is 0.360. The Balaban J connectivity index is 1.60. The second-order valence-corrected chi connectivity index (χ2v) is 11.3. The summed E-state index contributed by atoms with van der Waals surface area (Å²) in [5.41, 5.74) is 4.33. The molecular weight excluding hydrogens is 492 g/mol. The van der Waals surface area contributed by atoms with E-state index in [0.717, 1.165) is 39.1 Å². The van der Waals surface area contributed by atoms with Crippen LogP contribution in [0.1, 0.15) is 34.1 Å². The van der Waals surface area contributed by atoms with Crippen molar-refractivity contribution in [1.82, 2.24) is 4.98 Å². The normalized spacial score (nSPS) is 14.4. The summed E-state index contributed by atoms with van der Waals surface area (Å²) in [5.74, 6) is 0.380. The lowest BCUT2D eigenvalue weighted by molar-refractivity contribution is -0.0939. The fourth-order valence-corrected chi connectivity index (χ4v) is 5.75. The van der Waals surface area contributed by atoms with Gasteiger partial charge in [0.05, 0.1) is 31.6 Å². The fourth-order valence-electron chi connectivity index (χ4n) is 3.49. The van der Waals surface area contributed by atoms with E-state index in [2.05, 4.69) is 16.2 Å². The van der Waals surface area contributed by atoms with Crippen molar-refractivity contribution in [2.45, 2.75) is 31.7 Å². The van der Waals surface area contributed by atoms with Crippen molar-refractivity contribution in [3.63, 3.8) is 0 Å². The average Bonchev–Trinajstić information content (AvgIpc) is 3.22. The molecule has 0 unspecified atom stereocenters. The molecule has 0 bridgehead atoms. The SMILES string of the molecule is COC(=O)c1ccc(COc2cc(C)c(Cl)cc2N(CC2(C)COC2)Sc2nc(C)cs2)cc1. The van der Waals surface area contributed by atoms with Crippen molar-refractivity contribution in [3.8, 4) is 5.75 Å². The summed E-state index contributed by atoms with van der Waals surface area (Å²) < 4.78 is 19.7. The Hall–Kier alpha value is -2.26. The number of methoxy groups -OCH3 is 1. The molecule has 34 heavy (non-hydrogen) atoms. The average molecular weight is 519 g/mol. The van der Waals surface area contributed by atoms with Crippen molar-refractivity contribution < 1.29 is 19.0 Å². The highest BCUT2D eigenvalue weighted by Gasteiger charge is 2.37. The molecule has 0 aliphatic carbocycles. The summed E-state index contributed by atoms with van der Waals surface area (Å²) in [7, 11) is 1.37. The van der Waals surface area contributed by atoms with Crippen molar-refractivity contribution >= 4 is 46.5 Å². The molecule has 0 N–H and O–H groups in total. The monoisotopic (exact) mass is 518 g/mol. The molecule has 3 aromatic rings. The first-order valence-corrected chi connectivity index (χ1v) is 12.8. The van der Waals surface area contributed by atoms with E-state index in [0.29, 0.717) is 30.4 Å². The molecule has 6 nitrogen and oxygen atoms in total. The van der Waals surface area contributed by atoms with Crippen LogP contribution < -0.4 is 9.04 Å². The predicted octanol–water partition coefficient (Wildman–Crippen LogP) is 6.33. The number of halogens is 1. The summed E-state index contributed by atoms with van der Waals surface area (Å²) in [4.78, 5) is 16.3. The van der Waals surface area contributed by atoms with Gasteiger partial charge in [-0.3, -0.25) is 0 Å². The predicted molar refractivity (Wildman–Crippen MR) is 137 cm³/mol. The largest absolute Gasteiger partial charge is 0.487 e. The third-order valence-electron chi connectivity index (χ3n) is 5.49. The number of thiazole rings is 1. The Kier molecular flexibility index (Phi) is 7.72. The first kappa shape index (κ1) is 24.9. The number of carbonyl (C=O) groups excluding carboxylic acids is 1. The highest BCUT2D eigenvalue weighted by Crippen LogP contribution is 2.43. The second-order valence-electron chi connectivity index (χ2n) is 8.73. The van der Waals surface area contributed by atoms with E-state index >= 15 is 0 Å². The van der Waals surface area contributed by atoms with E-state index in [1.165, 1.54) is 7.11 Å². The van der Waals surface area contributed by atoms with Crippen LogP contribution in [0, 0.1) is 19.3 Å². The highest BCUT2D eigenvalue weighted by molar-refractivity contribution is 8.02. The topological polar surface area (TPSA) is 60.9 Å². The van der Waals surface area contributed by atoms with Gasteiger partial charge in [-0.15, -0.1) is 11.3 Å². The molecule has 0 amide bonds. The molecule has 180 valence electrons. The van der Waals surface area contributed by atoms with Gasteiger partial charge in [-0.05, 0) is 49.2 Å². The number of aryl methyl sites for hydroxylation is 2. The lowest BCUT2D eigenvalue weighted by Gasteiger charge is -2.42. The number of benzene rings is 2. The van der Waals surface area contributed by atoms with Crippen LogP contribution in [0.2, 0.25) is 5.02 Å². The molecular formula is C25H27ClN2O4S2. The van der Waals surface area contributed by atoms with Gasteiger partial charge in [0, 0.05) is 40.0 Å². The lowest BCUT2D eigenvalue weighted by Crippen LogP contribution is -2.47. The van der Waals surface area contributed by atoms with Gasteiger partial charge in [-0.1, -0.05) is 30.7 Å². The van der Waals surface area contributed by atoms with Crippen molar-refractivity contribution in [3.05, 3.63) is 69.2 Å². The maximum atomic E-state index is 11.7. The number of aromatic nitrogens is 1.